The van der Waals surface area contributed by atoms with Gasteiger partial charge in [0.15, 0.2) is 11.0 Å². The SMILES string of the molecule is CCn1c(COc2cccc(C)c2)nnc1SCC(=O)Nc1ccccc1OC. The number of hydrogen-bond acceptors (Lipinski definition) is 6. The Hall–Kier alpha value is -3.00. The number of hydrogen-bond donors (Lipinski definition) is 1. The van der Waals surface area contributed by atoms with Crippen molar-refractivity contribution in [1.29, 1.82) is 0 Å². The van der Waals surface area contributed by atoms with Gasteiger partial charge >= 0.3 is 0 Å². The zero-order chi connectivity index (χ0) is 20.6. The van der Waals surface area contributed by atoms with Crippen LogP contribution in [0.3, 0.4) is 0 Å². The van der Waals surface area contributed by atoms with Crippen LogP contribution in [-0.2, 0) is 17.9 Å². The molecule has 29 heavy (non-hydrogen) atoms. The van der Waals surface area contributed by atoms with Gasteiger partial charge in [-0.15, -0.1) is 10.2 Å². The Morgan fingerprint density at radius 1 is 1.17 bits per heavy atom. The van der Waals surface area contributed by atoms with E-state index in [0.29, 0.717) is 29.7 Å². The van der Waals surface area contributed by atoms with Gasteiger partial charge in [-0.05, 0) is 43.7 Å². The first-order valence-corrected chi connectivity index (χ1v) is 10.3. The average Bonchev–Trinajstić information content (AvgIpc) is 3.13. The summed E-state index contributed by atoms with van der Waals surface area (Å²) in [6, 6.07) is 15.2. The Morgan fingerprint density at radius 3 is 2.76 bits per heavy atom. The van der Waals surface area contributed by atoms with Crippen molar-refractivity contribution in [1.82, 2.24) is 14.8 Å². The Morgan fingerprint density at radius 2 is 2.00 bits per heavy atom. The molecule has 0 saturated carbocycles. The van der Waals surface area contributed by atoms with Gasteiger partial charge < -0.3 is 19.4 Å². The Bertz CT molecular complexity index is 974. The van der Waals surface area contributed by atoms with Crippen LogP contribution in [-0.4, -0.2) is 33.5 Å². The number of nitrogens with one attached hydrogen (secondary N) is 1. The molecular formula is C21H24N4O3S. The molecule has 2 aromatic carbocycles. The average molecular weight is 413 g/mol. The Labute approximate surface area is 174 Å². The van der Waals surface area contributed by atoms with Crippen LogP contribution >= 0.6 is 11.8 Å². The standard InChI is InChI=1S/C21H24N4O3S/c1-4-25-19(13-28-16-9-7-8-15(2)12-16)23-24-21(25)29-14-20(26)22-17-10-5-6-11-18(17)27-3/h5-12H,4,13-14H2,1-3H3,(H,22,26). The van der Waals surface area contributed by atoms with Crippen LogP contribution in [0.5, 0.6) is 11.5 Å². The van der Waals surface area contributed by atoms with Crippen molar-refractivity contribution >= 4 is 23.4 Å². The fourth-order valence-electron chi connectivity index (χ4n) is 2.77. The van der Waals surface area contributed by atoms with Crippen LogP contribution in [0.1, 0.15) is 18.3 Å². The third-order valence-corrected chi connectivity index (χ3v) is 5.15. The van der Waals surface area contributed by atoms with E-state index in [1.807, 2.05) is 54.8 Å². The van der Waals surface area contributed by atoms with Crippen molar-refractivity contribution in [3.63, 3.8) is 0 Å². The largest absolute Gasteiger partial charge is 0.495 e. The van der Waals surface area contributed by atoms with E-state index in [-0.39, 0.29) is 11.7 Å². The minimum absolute atomic E-state index is 0.136. The summed E-state index contributed by atoms with van der Waals surface area (Å²) in [5.41, 5.74) is 1.78. The number of benzene rings is 2. The van der Waals surface area contributed by atoms with E-state index in [1.165, 1.54) is 11.8 Å². The summed E-state index contributed by atoms with van der Waals surface area (Å²) in [7, 11) is 1.57. The quantitative estimate of drug-likeness (QED) is 0.537. The van der Waals surface area contributed by atoms with Crippen LogP contribution < -0.4 is 14.8 Å². The molecule has 7 nitrogen and oxygen atoms in total. The number of ether oxygens (including phenoxy) is 2. The van der Waals surface area contributed by atoms with Crippen molar-refractivity contribution in [2.45, 2.75) is 32.2 Å². The number of nitrogens with zero attached hydrogens (tertiary/aromatic N) is 3. The van der Waals surface area contributed by atoms with Gasteiger partial charge in [0, 0.05) is 6.54 Å². The number of carbonyl (C=O) groups excluding carboxylic acids is 1. The van der Waals surface area contributed by atoms with Crippen molar-refractivity contribution < 1.29 is 14.3 Å². The minimum atomic E-state index is -0.136. The monoisotopic (exact) mass is 412 g/mol. The van der Waals surface area contributed by atoms with Gasteiger partial charge in [-0.2, -0.15) is 0 Å². The highest BCUT2D eigenvalue weighted by Crippen LogP contribution is 2.24. The van der Waals surface area contributed by atoms with E-state index in [9.17, 15) is 4.79 Å². The first kappa shape index (κ1) is 20.7. The van der Waals surface area contributed by atoms with Gasteiger partial charge in [-0.1, -0.05) is 36.0 Å². The van der Waals surface area contributed by atoms with E-state index in [2.05, 4.69) is 15.5 Å². The van der Waals surface area contributed by atoms with E-state index < -0.39 is 0 Å². The number of carbonyl (C=O) groups is 1. The fraction of sp³-hybridized carbons (Fsp3) is 0.286. The molecule has 1 amide bonds. The van der Waals surface area contributed by atoms with Crippen LogP contribution in [0.25, 0.3) is 0 Å². The third kappa shape index (κ3) is 5.51. The second-order valence-electron chi connectivity index (χ2n) is 6.29. The smallest absolute Gasteiger partial charge is 0.234 e. The topological polar surface area (TPSA) is 78.3 Å². The zero-order valence-electron chi connectivity index (χ0n) is 16.7. The summed E-state index contributed by atoms with van der Waals surface area (Å²) in [4.78, 5) is 12.3. The van der Waals surface area contributed by atoms with Gasteiger partial charge in [0.05, 0.1) is 18.6 Å². The van der Waals surface area contributed by atoms with E-state index in [4.69, 9.17) is 9.47 Å². The van der Waals surface area contributed by atoms with Gasteiger partial charge in [-0.25, -0.2) is 0 Å². The number of para-hydroxylation sites is 2. The summed E-state index contributed by atoms with van der Waals surface area (Å²) in [5, 5.41) is 12.0. The number of amides is 1. The van der Waals surface area contributed by atoms with Crippen molar-refractivity contribution in [3.05, 3.63) is 59.9 Å². The molecule has 0 unspecified atom stereocenters. The van der Waals surface area contributed by atoms with Gasteiger partial charge in [0.1, 0.15) is 18.1 Å². The highest BCUT2D eigenvalue weighted by molar-refractivity contribution is 7.99. The predicted octanol–water partition coefficient (Wildman–Crippen LogP) is 3.92. The molecule has 8 heteroatoms. The fourth-order valence-corrected chi connectivity index (χ4v) is 3.59. The molecule has 1 N–H and O–H groups in total. The summed E-state index contributed by atoms with van der Waals surface area (Å²) >= 11 is 1.34. The first-order chi connectivity index (χ1) is 14.1. The second-order valence-corrected chi connectivity index (χ2v) is 7.23. The molecule has 0 aliphatic heterocycles. The predicted molar refractivity (Wildman–Crippen MR) is 114 cm³/mol. The molecule has 3 aromatic rings. The number of aryl methyl sites for hydroxylation is 1. The normalized spacial score (nSPS) is 10.6. The maximum absolute atomic E-state index is 12.3. The number of methoxy groups -OCH3 is 1. The lowest BCUT2D eigenvalue weighted by molar-refractivity contribution is -0.113. The lowest BCUT2D eigenvalue weighted by Gasteiger charge is -2.10. The molecule has 0 aliphatic carbocycles. The molecule has 0 atom stereocenters. The molecule has 1 aromatic heterocycles. The summed E-state index contributed by atoms with van der Waals surface area (Å²) in [6.45, 7) is 5.04. The first-order valence-electron chi connectivity index (χ1n) is 9.28. The minimum Gasteiger partial charge on any atom is -0.495 e. The van der Waals surface area contributed by atoms with Crippen LogP contribution in [0.4, 0.5) is 5.69 Å². The van der Waals surface area contributed by atoms with Crippen molar-refractivity contribution in [3.8, 4) is 11.5 Å². The van der Waals surface area contributed by atoms with Crippen molar-refractivity contribution in [2.75, 3.05) is 18.2 Å². The highest BCUT2D eigenvalue weighted by atomic mass is 32.2. The van der Waals surface area contributed by atoms with Gasteiger partial charge in [-0.3, -0.25) is 4.79 Å². The van der Waals surface area contributed by atoms with Gasteiger partial charge in [0.2, 0.25) is 5.91 Å². The highest BCUT2D eigenvalue weighted by Gasteiger charge is 2.14. The summed E-state index contributed by atoms with van der Waals surface area (Å²) < 4.78 is 13.0. The molecule has 0 radical (unpaired) electrons. The molecule has 3 rings (SSSR count). The molecule has 0 fully saturated rings. The van der Waals surface area contributed by atoms with E-state index >= 15 is 0 Å². The summed E-state index contributed by atoms with van der Waals surface area (Å²) in [6.07, 6.45) is 0. The summed E-state index contributed by atoms with van der Waals surface area (Å²) in [5.74, 6) is 2.22. The Balaban J connectivity index is 1.59. The molecule has 0 aliphatic rings. The maximum Gasteiger partial charge on any atom is 0.234 e. The molecule has 1 heterocycles. The number of rotatable bonds is 9. The molecule has 0 saturated heterocycles. The van der Waals surface area contributed by atoms with E-state index in [1.54, 1.807) is 19.2 Å². The number of aromatic nitrogens is 3. The molecule has 152 valence electrons. The molecule has 0 spiro atoms. The van der Waals surface area contributed by atoms with Gasteiger partial charge in [0.25, 0.3) is 0 Å². The lowest BCUT2D eigenvalue weighted by Crippen LogP contribution is -2.15. The van der Waals surface area contributed by atoms with Crippen molar-refractivity contribution in [2.24, 2.45) is 0 Å². The lowest BCUT2D eigenvalue weighted by atomic mass is 10.2. The maximum atomic E-state index is 12.3. The van der Waals surface area contributed by atoms with E-state index in [0.717, 1.165) is 17.1 Å². The van der Waals surface area contributed by atoms with Crippen LogP contribution in [0.15, 0.2) is 53.7 Å². The molecular weight excluding hydrogens is 388 g/mol. The third-order valence-electron chi connectivity index (χ3n) is 4.18. The number of anilines is 1. The second kappa shape index (κ2) is 9.97. The zero-order valence-corrected chi connectivity index (χ0v) is 17.5. The van der Waals surface area contributed by atoms with Crippen LogP contribution in [0.2, 0.25) is 0 Å². The number of thioether (sulfide) groups is 1. The molecule has 0 bridgehead atoms. The van der Waals surface area contributed by atoms with Crippen LogP contribution in [0, 0.1) is 6.92 Å². The Kier molecular flexibility index (Phi) is 7.13.